The number of hydrogen-bond donors (Lipinski definition) is 1. The number of ether oxygens (including phenoxy) is 1. The first-order valence-electron chi connectivity index (χ1n) is 8.46. The van der Waals surface area contributed by atoms with E-state index in [-0.39, 0.29) is 23.8 Å². The molecule has 2 rings (SSSR count). The normalized spacial score (nSPS) is 11.2. The van der Waals surface area contributed by atoms with E-state index in [1.807, 2.05) is 31.2 Å². The molecule has 0 fully saturated rings. The van der Waals surface area contributed by atoms with Crippen molar-refractivity contribution in [3.8, 4) is 5.75 Å². The summed E-state index contributed by atoms with van der Waals surface area (Å²) in [6.45, 7) is 2.76. The predicted octanol–water partition coefficient (Wildman–Crippen LogP) is 2.85. The molecule has 8 heteroatoms. The first kappa shape index (κ1) is 21.2. The summed E-state index contributed by atoms with van der Waals surface area (Å²) in [5, 5.41) is 0.335. The molecule has 146 valence electrons. The Hall–Kier alpha value is -2.09. The Bertz CT molecular complexity index is 887. The molecular weight excluding hydrogens is 388 g/mol. The van der Waals surface area contributed by atoms with Crippen molar-refractivity contribution >= 4 is 27.5 Å². The fraction of sp³-hybridized carbons (Fsp3) is 0.316. The number of benzene rings is 2. The van der Waals surface area contributed by atoms with Crippen LogP contribution in [0.15, 0.2) is 53.4 Å². The van der Waals surface area contributed by atoms with Crippen LogP contribution in [0.5, 0.6) is 5.75 Å². The number of nitrogens with one attached hydrogen (secondary N) is 1. The molecule has 0 spiro atoms. The number of halogens is 1. The van der Waals surface area contributed by atoms with E-state index >= 15 is 0 Å². The van der Waals surface area contributed by atoms with E-state index in [1.165, 1.54) is 17.0 Å². The molecule has 2 aromatic carbocycles. The molecule has 0 saturated carbocycles. The molecule has 0 unspecified atom stereocenters. The van der Waals surface area contributed by atoms with Crippen LogP contribution in [0.1, 0.15) is 12.0 Å². The lowest BCUT2D eigenvalue weighted by Crippen LogP contribution is -2.34. The van der Waals surface area contributed by atoms with Crippen LogP contribution in [0, 0.1) is 6.92 Å². The first-order valence-corrected chi connectivity index (χ1v) is 10.3. The number of aryl methyl sites for hydroxylation is 1. The average molecular weight is 411 g/mol. The zero-order chi connectivity index (χ0) is 19.9. The monoisotopic (exact) mass is 410 g/mol. The van der Waals surface area contributed by atoms with E-state index in [1.54, 1.807) is 19.2 Å². The van der Waals surface area contributed by atoms with Crippen molar-refractivity contribution in [2.75, 3.05) is 26.7 Å². The third-order valence-corrected chi connectivity index (χ3v) is 5.54. The molecule has 6 nitrogen and oxygen atoms in total. The van der Waals surface area contributed by atoms with E-state index in [0.29, 0.717) is 18.2 Å². The molecule has 0 heterocycles. The largest absolute Gasteiger partial charge is 0.492 e. The van der Waals surface area contributed by atoms with Crippen molar-refractivity contribution in [3.63, 3.8) is 0 Å². The number of rotatable bonds is 9. The van der Waals surface area contributed by atoms with Gasteiger partial charge in [-0.3, -0.25) is 4.79 Å². The van der Waals surface area contributed by atoms with E-state index in [0.717, 1.165) is 11.3 Å². The molecule has 0 aliphatic rings. The van der Waals surface area contributed by atoms with Gasteiger partial charge in [0.2, 0.25) is 15.9 Å². The highest BCUT2D eigenvalue weighted by Gasteiger charge is 2.15. The highest BCUT2D eigenvalue weighted by Crippen LogP contribution is 2.15. The zero-order valence-corrected chi connectivity index (χ0v) is 16.9. The summed E-state index contributed by atoms with van der Waals surface area (Å²) in [6, 6.07) is 13.6. The molecule has 0 radical (unpaired) electrons. The SMILES string of the molecule is Cc1cccc(OCCN(C)C(=O)CCNS(=O)(=O)c2cccc(Cl)c2)c1. The van der Waals surface area contributed by atoms with Crippen LogP contribution >= 0.6 is 11.6 Å². The lowest BCUT2D eigenvalue weighted by molar-refractivity contribution is -0.130. The number of nitrogens with zero attached hydrogens (tertiary/aromatic N) is 1. The topological polar surface area (TPSA) is 75.7 Å². The van der Waals surface area contributed by atoms with Crippen LogP contribution in [0.25, 0.3) is 0 Å². The van der Waals surface area contributed by atoms with Crippen LogP contribution in [-0.2, 0) is 14.8 Å². The van der Waals surface area contributed by atoms with Gasteiger partial charge >= 0.3 is 0 Å². The molecule has 0 aromatic heterocycles. The van der Waals surface area contributed by atoms with Crippen molar-refractivity contribution in [3.05, 3.63) is 59.1 Å². The zero-order valence-electron chi connectivity index (χ0n) is 15.3. The molecular formula is C19H23ClN2O4S. The van der Waals surface area contributed by atoms with E-state index < -0.39 is 10.0 Å². The van der Waals surface area contributed by atoms with Crippen molar-refractivity contribution in [1.82, 2.24) is 9.62 Å². The van der Waals surface area contributed by atoms with Crippen LogP contribution in [0.3, 0.4) is 0 Å². The molecule has 0 bridgehead atoms. The highest BCUT2D eigenvalue weighted by molar-refractivity contribution is 7.89. The fourth-order valence-electron chi connectivity index (χ4n) is 2.33. The maximum atomic E-state index is 12.2. The van der Waals surface area contributed by atoms with Gasteiger partial charge in [-0.25, -0.2) is 13.1 Å². The number of sulfonamides is 1. The molecule has 0 aliphatic carbocycles. The summed E-state index contributed by atoms with van der Waals surface area (Å²) >= 11 is 5.81. The van der Waals surface area contributed by atoms with E-state index in [4.69, 9.17) is 16.3 Å². The van der Waals surface area contributed by atoms with Gasteiger partial charge in [0.1, 0.15) is 12.4 Å². The Morgan fingerprint density at radius 1 is 1.19 bits per heavy atom. The fourth-order valence-corrected chi connectivity index (χ4v) is 3.66. The maximum absolute atomic E-state index is 12.2. The minimum Gasteiger partial charge on any atom is -0.492 e. The van der Waals surface area contributed by atoms with Gasteiger partial charge in [0, 0.05) is 25.0 Å². The van der Waals surface area contributed by atoms with Crippen LogP contribution in [0.2, 0.25) is 5.02 Å². The number of likely N-dealkylation sites (N-methyl/N-ethyl adjacent to an activating group) is 1. The van der Waals surface area contributed by atoms with E-state index in [9.17, 15) is 13.2 Å². The standard InChI is InChI=1S/C19H23ClN2O4S/c1-15-5-3-7-17(13-15)26-12-11-22(2)19(23)9-10-21-27(24,25)18-8-4-6-16(20)14-18/h3-8,13-14,21H,9-12H2,1-2H3. The number of hydrogen-bond acceptors (Lipinski definition) is 4. The van der Waals surface area contributed by atoms with Crippen LogP contribution in [-0.4, -0.2) is 46.0 Å². The number of carbonyl (C=O) groups excluding carboxylic acids is 1. The third kappa shape index (κ3) is 6.86. The molecule has 2 aromatic rings. The number of amides is 1. The van der Waals surface area contributed by atoms with Gasteiger partial charge in [-0.1, -0.05) is 29.8 Å². The Kier molecular flexibility index (Phi) is 7.65. The summed E-state index contributed by atoms with van der Waals surface area (Å²) in [4.78, 5) is 13.7. The summed E-state index contributed by atoms with van der Waals surface area (Å²) in [5.41, 5.74) is 1.10. The van der Waals surface area contributed by atoms with E-state index in [2.05, 4.69) is 4.72 Å². The first-order chi connectivity index (χ1) is 12.8. The summed E-state index contributed by atoms with van der Waals surface area (Å²) < 4.78 is 32.4. The second kappa shape index (κ2) is 9.73. The maximum Gasteiger partial charge on any atom is 0.240 e. The van der Waals surface area contributed by atoms with Gasteiger partial charge in [-0.15, -0.1) is 0 Å². The highest BCUT2D eigenvalue weighted by atomic mass is 35.5. The summed E-state index contributed by atoms with van der Waals surface area (Å²) in [6.07, 6.45) is 0.0563. The lowest BCUT2D eigenvalue weighted by atomic mass is 10.2. The van der Waals surface area contributed by atoms with Gasteiger partial charge < -0.3 is 9.64 Å². The van der Waals surface area contributed by atoms with Crippen molar-refractivity contribution in [2.24, 2.45) is 0 Å². The Labute approximate surface area is 165 Å². The smallest absolute Gasteiger partial charge is 0.240 e. The van der Waals surface area contributed by atoms with Crippen LogP contribution in [0.4, 0.5) is 0 Å². The van der Waals surface area contributed by atoms with Crippen molar-refractivity contribution in [2.45, 2.75) is 18.2 Å². The number of carbonyl (C=O) groups is 1. The summed E-state index contributed by atoms with van der Waals surface area (Å²) in [7, 11) is -2.03. The lowest BCUT2D eigenvalue weighted by Gasteiger charge is -2.18. The molecule has 0 saturated heterocycles. The molecule has 0 atom stereocenters. The molecule has 0 aliphatic heterocycles. The Morgan fingerprint density at radius 3 is 2.63 bits per heavy atom. The predicted molar refractivity (Wildman–Crippen MR) is 106 cm³/mol. The van der Waals surface area contributed by atoms with Gasteiger partial charge in [-0.05, 0) is 42.8 Å². The van der Waals surface area contributed by atoms with Gasteiger partial charge in [0.25, 0.3) is 0 Å². The van der Waals surface area contributed by atoms with Gasteiger partial charge in [-0.2, -0.15) is 0 Å². The van der Waals surface area contributed by atoms with Crippen LogP contribution < -0.4 is 9.46 Å². The Morgan fingerprint density at radius 2 is 1.93 bits per heavy atom. The second-order valence-electron chi connectivity index (χ2n) is 6.09. The van der Waals surface area contributed by atoms with Crippen molar-refractivity contribution in [1.29, 1.82) is 0 Å². The van der Waals surface area contributed by atoms with Gasteiger partial charge in [0.05, 0.1) is 11.4 Å². The molecule has 1 N–H and O–H groups in total. The average Bonchev–Trinajstić information content (AvgIpc) is 2.61. The second-order valence-corrected chi connectivity index (χ2v) is 8.29. The minimum atomic E-state index is -3.69. The molecule has 1 amide bonds. The minimum absolute atomic E-state index is 0.0107. The Balaban J connectivity index is 1.74. The van der Waals surface area contributed by atoms with Gasteiger partial charge in [0.15, 0.2) is 0 Å². The summed E-state index contributed by atoms with van der Waals surface area (Å²) in [5.74, 6) is 0.585. The quantitative estimate of drug-likeness (QED) is 0.689. The third-order valence-electron chi connectivity index (χ3n) is 3.85. The molecule has 27 heavy (non-hydrogen) atoms. The van der Waals surface area contributed by atoms with Crippen molar-refractivity contribution < 1.29 is 17.9 Å².